The highest BCUT2D eigenvalue weighted by molar-refractivity contribution is 6.35. The number of benzene rings is 2. The van der Waals surface area contributed by atoms with E-state index in [1.165, 1.54) is 12.1 Å². The normalized spacial score (nSPS) is 16.9. The zero-order chi connectivity index (χ0) is 19.4. The zero-order valence-corrected chi connectivity index (χ0v) is 16.7. The summed E-state index contributed by atoms with van der Waals surface area (Å²) in [5.41, 5.74) is 1.95. The monoisotopic (exact) mass is 408 g/mol. The molecule has 1 fully saturated rings. The number of amides is 1. The molecule has 27 heavy (non-hydrogen) atoms. The Hall–Kier alpha value is -1.62. The zero-order valence-electron chi connectivity index (χ0n) is 15.2. The molecule has 1 aliphatic heterocycles. The Morgan fingerprint density at radius 2 is 1.85 bits per heavy atom. The molecule has 0 bridgehead atoms. The van der Waals surface area contributed by atoms with Crippen molar-refractivity contribution < 1.29 is 9.18 Å². The van der Waals surface area contributed by atoms with Crippen molar-refractivity contribution in [3.63, 3.8) is 0 Å². The van der Waals surface area contributed by atoms with Crippen LogP contribution in [0.15, 0.2) is 42.5 Å². The van der Waals surface area contributed by atoms with Gasteiger partial charge in [0.15, 0.2) is 0 Å². The fourth-order valence-corrected chi connectivity index (χ4v) is 3.88. The molecule has 1 saturated heterocycles. The lowest BCUT2D eigenvalue weighted by molar-refractivity contribution is -0.127. The van der Waals surface area contributed by atoms with Gasteiger partial charge in [-0.1, -0.05) is 41.4 Å². The Balaban J connectivity index is 1.49. The van der Waals surface area contributed by atoms with Gasteiger partial charge in [0.05, 0.1) is 6.04 Å². The molecule has 0 saturated carbocycles. The van der Waals surface area contributed by atoms with Crippen molar-refractivity contribution in [2.45, 2.75) is 32.4 Å². The Morgan fingerprint density at radius 3 is 2.48 bits per heavy atom. The number of hydrogen-bond acceptors (Lipinski definition) is 2. The lowest BCUT2D eigenvalue weighted by Gasteiger charge is -2.32. The van der Waals surface area contributed by atoms with Gasteiger partial charge in [-0.25, -0.2) is 4.39 Å². The van der Waals surface area contributed by atoms with Crippen molar-refractivity contribution >= 4 is 29.1 Å². The van der Waals surface area contributed by atoms with Gasteiger partial charge in [-0.15, -0.1) is 0 Å². The minimum Gasteiger partial charge on any atom is -0.349 e. The number of carbonyl (C=O) groups is 1. The second-order valence-corrected chi connectivity index (χ2v) is 7.91. The number of rotatable bonds is 5. The number of carbonyl (C=O) groups excluding carboxylic acids is 1. The van der Waals surface area contributed by atoms with E-state index < -0.39 is 0 Å². The molecule has 0 aliphatic carbocycles. The van der Waals surface area contributed by atoms with Crippen LogP contribution in [-0.4, -0.2) is 23.9 Å². The molecule has 0 spiro atoms. The summed E-state index contributed by atoms with van der Waals surface area (Å²) in [6, 6.07) is 11.7. The van der Waals surface area contributed by atoms with E-state index in [-0.39, 0.29) is 23.7 Å². The molecule has 2 aromatic rings. The molecule has 1 N–H and O–H groups in total. The van der Waals surface area contributed by atoms with Gasteiger partial charge < -0.3 is 5.32 Å². The summed E-state index contributed by atoms with van der Waals surface area (Å²) in [6.45, 7) is 4.38. The molecule has 6 heteroatoms. The molecule has 1 aliphatic rings. The maximum absolute atomic E-state index is 13.0. The fourth-order valence-electron chi connectivity index (χ4n) is 3.41. The number of nitrogens with zero attached hydrogens (tertiary/aromatic N) is 1. The van der Waals surface area contributed by atoms with Gasteiger partial charge in [0, 0.05) is 22.5 Å². The first kappa shape index (κ1) is 20.1. The average Bonchev–Trinajstić information content (AvgIpc) is 2.65. The number of likely N-dealkylation sites (tertiary alicyclic amines) is 1. The first-order valence-corrected chi connectivity index (χ1v) is 9.90. The highest BCUT2D eigenvalue weighted by Gasteiger charge is 2.26. The third-order valence-corrected chi connectivity index (χ3v) is 5.68. The number of hydrogen-bond donors (Lipinski definition) is 1. The minimum atomic E-state index is -0.273. The molecule has 0 aromatic heterocycles. The number of nitrogens with one attached hydrogen (secondary N) is 1. The molecule has 1 amide bonds. The van der Waals surface area contributed by atoms with Crippen LogP contribution < -0.4 is 5.32 Å². The highest BCUT2D eigenvalue weighted by Crippen LogP contribution is 2.25. The van der Waals surface area contributed by atoms with E-state index in [2.05, 4.69) is 10.2 Å². The third-order valence-electron chi connectivity index (χ3n) is 5.10. The first-order valence-electron chi connectivity index (χ1n) is 9.14. The fraction of sp³-hybridized carbons (Fsp3) is 0.381. The summed E-state index contributed by atoms with van der Waals surface area (Å²) in [5, 5.41) is 4.36. The summed E-state index contributed by atoms with van der Waals surface area (Å²) in [6.07, 6.45) is 1.63. The molecule has 1 heterocycles. The van der Waals surface area contributed by atoms with E-state index in [0.29, 0.717) is 10.0 Å². The van der Waals surface area contributed by atoms with E-state index in [1.807, 2.05) is 19.1 Å². The maximum atomic E-state index is 13.0. The smallest absolute Gasteiger partial charge is 0.223 e. The molecule has 0 radical (unpaired) electrons. The molecular formula is C21H23Cl2FN2O. The summed E-state index contributed by atoms with van der Waals surface area (Å²) in [4.78, 5) is 14.9. The van der Waals surface area contributed by atoms with Gasteiger partial charge in [-0.2, -0.15) is 0 Å². The van der Waals surface area contributed by atoms with E-state index in [4.69, 9.17) is 23.2 Å². The maximum Gasteiger partial charge on any atom is 0.223 e. The van der Waals surface area contributed by atoms with Crippen LogP contribution in [-0.2, 0) is 11.3 Å². The standard InChI is InChI=1S/C21H23Cl2FN2O/c1-14(15-3-6-19(24)7-4-15)25-21(27)16-8-10-26(11-9-16)13-17-2-5-18(22)12-20(17)23/h2-7,12,14,16H,8-11,13H2,1H3,(H,25,27). The Kier molecular flexibility index (Phi) is 6.74. The molecular weight excluding hydrogens is 386 g/mol. The van der Waals surface area contributed by atoms with Gasteiger partial charge in [0.25, 0.3) is 0 Å². The Morgan fingerprint density at radius 1 is 1.19 bits per heavy atom. The van der Waals surface area contributed by atoms with Crippen LogP contribution in [0.25, 0.3) is 0 Å². The van der Waals surface area contributed by atoms with Gasteiger partial charge in [0.2, 0.25) is 5.91 Å². The van der Waals surface area contributed by atoms with Crippen molar-refractivity contribution in [3.05, 3.63) is 69.5 Å². The molecule has 1 unspecified atom stereocenters. The second kappa shape index (κ2) is 9.05. The number of piperidine rings is 1. The largest absolute Gasteiger partial charge is 0.349 e. The van der Waals surface area contributed by atoms with E-state index in [9.17, 15) is 9.18 Å². The van der Waals surface area contributed by atoms with Gasteiger partial charge in [-0.05, 0) is 68.2 Å². The second-order valence-electron chi connectivity index (χ2n) is 7.07. The molecule has 2 aromatic carbocycles. The van der Waals surface area contributed by atoms with E-state index in [1.54, 1.807) is 18.2 Å². The van der Waals surface area contributed by atoms with Crippen molar-refractivity contribution in [2.75, 3.05) is 13.1 Å². The molecule has 3 nitrogen and oxygen atoms in total. The lowest BCUT2D eigenvalue weighted by atomic mass is 9.95. The van der Waals surface area contributed by atoms with Crippen LogP contribution in [0.3, 0.4) is 0 Å². The van der Waals surface area contributed by atoms with E-state index >= 15 is 0 Å². The first-order chi connectivity index (χ1) is 12.9. The third kappa shape index (κ3) is 5.44. The topological polar surface area (TPSA) is 32.3 Å². The summed E-state index contributed by atoms with van der Waals surface area (Å²) < 4.78 is 13.0. The van der Waals surface area contributed by atoms with Crippen LogP contribution in [0.5, 0.6) is 0 Å². The Bertz CT molecular complexity index is 789. The van der Waals surface area contributed by atoms with Crippen LogP contribution in [0.2, 0.25) is 10.0 Å². The lowest BCUT2D eigenvalue weighted by Crippen LogP contribution is -2.40. The number of halogens is 3. The van der Waals surface area contributed by atoms with Crippen LogP contribution >= 0.6 is 23.2 Å². The van der Waals surface area contributed by atoms with Crippen LogP contribution in [0.4, 0.5) is 4.39 Å². The van der Waals surface area contributed by atoms with Crippen LogP contribution in [0, 0.1) is 11.7 Å². The predicted molar refractivity (Wildman–Crippen MR) is 107 cm³/mol. The van der Waals surface area contributed by atoms with Gasteiger partial charge in [-0.3, -0.25) is 9.69 Å². The van der Waals surface area contributed by atoms with Gasteiger partial charge in [0.1, 0.15) is 5.82 Å². The van der Waals surface area contributed by atoms with Crippen molar-refractivity contribution in [1.82, 2.24) is 10.2 Å². The predicted octanol–water partition coefficient (Wildman–Crippen LogP) is 5.22. The van der Waals surface area contributed by atoms with Crippen LogP contribution in [0.1, 0.15) is 36.9 Å². The van der Waals surface area contributed by atoms with E-state index in [0.717, 1.165) is 43.6 Å². The Labute approximate surface area is 169 Å². The van der Waals surface area contributed by atoms with Crippen molar-refractivity contribution in [3.8, 4) is 0 Å². The highest BCUT2D eigenvalue weighted by atomic mass is 35.5. The average molecular weight is 409 g/mol. The quantitative estimate of drug-likeness (QED) is 0.734. The molecule has 144 valence electrons. The SMILES string of the molecule is CC(NC(=O)C1CCN(Cc2ccc(Cl)cc2Cl)CC1)c1ccc(F)cc1. The van der Waals surface area contributed by atoms with Crippen molar-refractivity contribution in [1.29, 1.82) is 0 Å². The van der Waals surface area contributed by atoms with Gasteiger partial charge >= 0.3 is 0 Å². The summed E-state index contributed by atoms with van der Waals surface area (Å²) >= 11 is 12.2. The molecule has 3 rings (SSSR count). The summed E-state index contributed by atoms with van der Waals surface area (Å²) in [5.74, 6) is -0.203. The minimum absolute atomic E-state index is 0.00448. The van der Waals surface area contributed by atoms with Crippen molar-refractivity contribution in [2.24, 2.45) is 5.92 Å². The molecule has 1 atom stereocenters. The summed E-state index contributed by atoms with van der Waals surface area (Å²) in [7, 11) is 0.